The normalized spacial score (nSPS) is 11.0. The lowest BCUT2D eigenvalue weighted by Gasteiger charge is -2.12. The number of nitrogens with zero attached hydrogens (tertiary/aromatic N) is 3. The zero-order valence-electron chi connectivity index (χ0n) is 14.6. The van der Waals surface area contributed by atoms with Crippen molar-refractivity contribution in [1.29, 1.82) is 5.26 Å². The average molecular weight is 342 g/mol. The average Bonchev–Trinajstić information content (AvgIpc) is 2.66. The lowest BCUT2D eigenvalue weighted by Crippen LogP contribution is -2.13. The molecule has 1 amide bonds. The van der Waals surface area contributed by atoms with Crippen LogP contribution in [0.1, 0.15) is 5.56 Å². The third-order valence-corrected chi connectivity index (χ3v) is 3.98. The maximum absolute atomic E-state index is 12.5. The van der Waals surface area contributed by atoms with Gasteiger partial charge in [-0.25, -0.2) is 0 Å². The van der Waals surface area contributed by atoms with Gasteiger partial charge in [0.25, 0.3) is 5.91 Å². The predicted molar refractivity (Wildman–Crippen MR) is 105 cm³/mol. The van der Waals surface area contributed by atoms with Gasteiger partial charge in [-0.3, -0.25) is 9.78 Å². The van der Waals surface area contributed by atoms with Crippen molar-refractivity contribution in [2.24, 2.45) is 0 Å². The molecule has 5 nitrogen and oxygen atoms in total. The van der Waals surface area contributed by atoms with Gasteiger partial charge in [0.15, 0.2) is 0 Å². The van der Waals surface area contributed by atoms with Crippen LogP contribution in [-0.2, 0) is 4.79 Å². The number of nitrogens with one attached hydrogen (secondary N) is 1. The number of fused-ring (bicyclic) bond motifs is 1. The van der Waals surface area contributed by atoms with E-state index in [9.17, 15) is 10.1 Å². The highest BCUT2D eigenvalue weighted by molar-refractivity contribution is 6.12. The maximum Gasteiger partial charge on any atom is 0.266 e. The van der Waals surface area contributed by atoms with E-state index in [1.165, 1.54) is 0 Å². The molecule has 26 heavy (non-hydrogen) atoms. The van der Waals surface area contributed by atoms with Crippen LogP contribution < -0.4 is 10.2 Å². The van der Waals surface area contributed by atoms with Gasteiger partial charge in [-0.05, 0) is 48.0 Å². The molecule has 2 aromatic carbocycles. The van der Waals surface area contributed by atoms with Gasteiger partial charge in [-0.1, -0.05) is 18.2 Å². The monoisotopic (exact) mass is 342 g/mol. The first-order valence-electron chi connectivity index (χ1n) is 8.13. The summed E-state index contributed by atoms with van der Waals surface area (Å²) in [7, 11) is 3.91. The lowest BCUT2D eigenvalue weighted by atomic mass is 10.1. The molecule has 3 rings (SSSR count). The first-order valence-corrected chi connectivity index (χ1v) is 8.13. The molecule has 0 atom stereocenters. The van der Waals surface area contributed by atoms with Gasteiger partial charge in [-0.15, -0.1) is 0 Å². The number of anilines is 2. The molecule has 0 unspecified atom stereocenters. The van der Waals surface area contributed by atoms with Gasteiger partial charge in [0, 0.05) is 31.4 Å². The van der Waals surface area contributed by atoms with Crippen molar-refractivity contribution < 1.29 is 4.79 Å². The zero-order valence-corrected chi connectivity index (χ0v) is 14.6. The van der Waals surface area contributed by atoms with Crippen LogP contribution in [0.2, 0.25) is 0 Å². The summed E-state index contributed by atoms with van der Waals surface area (Å²) in [6.07, 6.45) is 3.28. The van der Waals surface area contributed by atoms with Crippen molar-refractivity contribution in [1.82, 2.24) is 4.98 Å². The SMILES string of the molecule is CN(C)c1ccc(C=C(C#N)C(=O)Nc2cccc3ncccc23)cc1. The van der Waals surface area contributed by atoms with E-state index < -0.39 is 5.91 Å². The van der Waals surface area contributed by atoms with Crippen molar-refractivity contribution in [2.75, 3.05) is 24.3 Å². The van der Waals surface area contributed by atoms with Crippen LogP contribution in [-0.4, -0.2) is 25.0 Å². The van der Waals surface area contributed by atoms with E-state index in [2.05, 4.69) is 10.3 Å². The third kappa shape index (κ3) is 3.70. The molecule has 0 radical (unpaired) electrons. The Morgan fingerprint density at radius 1 is 1.12 bits per heavy atom. The van der Waals surface area contributed by atoms with Gasteiger partial charge in [0.1, 0.15) is 11.6 Å². The molecular weight excluding hydrogens is 324 g/mol. The minimum absolute atomic E-state index is 0.0449. The van der Waals surface area contributed by atoms with Crippen LogP contribution >= 0.6 is 0 Å². The second-order valence-electron chi connectivity index (χ2n) is 5.99. The largest absolute Gasteiger partial charge is 0.378 e. The Labute approximate surface area is 152 Å². The van der Waals surface area contributed by atoms with E-state index in [0.717, 1.165) is 22.2 Å². The molecule has 0 saturated carbocycles. The first-order chi connectivity index (χ1) is 12.6. The Kier molecular flexibility index (Phi) is 4.95. The smallest absolute Gasteiger partial charge is 0.266 e. The van der Waals surface area contributed by atoms with Gasteiger partial charge in [0.05, 0.1) is 11.2 Å². The molecule has 5 heteroatoms. The number of nitriles is 1. The highest BCUT2D eigenvalue weighted by Gasteiger charge is 2.11. The highest BCUT2D eigenvalue weighted by atomic mass is 16.1. The molecule has 0 aliphatic heterocycles. The summed E-state index contributed by atoms with van der Waals surface area (Å²) < 4.78 is 0. The number of carbonyl (C=O) groups excluding carboxylic acids is 1. The number of benzene rings is 2. The van der Waals surface area contributed by atoms with Crippen molar-refractivity contribution in [3.05, 3.63) is 71.9 Å². The zero-order chi connectivity index (χ0) is 18.5. The third-order valence-electron chi connectivity index (χ3n) is 3.98. The molecule has 1 N–H and O–H groups in total. The molecule has 1 heterocycles. The van der Waals surface area contributed by atoms with E-state index in [-0.39, 0.29) is 5.57 Å². The van der Waals surface area contributed by atoms with Gasteiger partial charge in [-0.2, -0.15) is 5.26 Å². The summed E-state index contributed by atoms with van der Waals surface area (Å²) in [5.41, 5.74) is 3.30. The van der Waals surface area contributed by atoms with Gasteiger partial charge >= 0.3 is 0 Å². The number of hydrogen-bond acceptors (Lipinski definition) is 4. The molecule has 1 aromatic heterocycles. The van der Waals surface area contributed by atoms with Gasteiger partial charge < -0.3 is 10.2 Å². The molecule has 0 aliphatic rings. The fraction of sp³-hybridized carbons (Fsp3) is 0.0952. The molecule has 0 aliphatic carbocycles. The maximum atomic E-state index is 12.5. The molecule has 0 fully saturated rings. The number of carbonyl (C=O) groups is 1. The van der Waals surface area contributed by atoms with E-state index in [1.54, 1.807) is 18.3 Å². The lowest BCUT2D eigenvalue weighted by molar-refractivity contribution is -0.112. The van der Waals surface area contributed by atoms with Gasteiger partial charge in [0.2, 0.25) is 0 Å². The Balaban J connectivity index is 1.86. The molecule has 3 aromatic rings. The highest BCUT2D eigenvalue weighted by Crippen LogP contribution is 2.22. The summed E-state index contributed by atoms with van der Waals surface area (Å²) in [4.78, 5) is 18.8. The molecule has 0 saturated heterocycles. The Bertz CT molecular complexity index is 1010. The Morgan fingerprint density at radius 2 is 1.88 bits per heavy atom. The second-order valence-corrected chi connectivity index (χ2v) is 5.99. The number of pyridine rings is 1. The quantitative estimate of drug-likeness (QED) is 0.578. The van der Waals surface area contributed by atoms with Crippen LogP contribution in [0.25, 0.3) is 17.0 Å². The summed E-state index contributed by atoms with van der Waals surface area (Å²) in [5.74, 6) is -0.444. The van der Waals surface area contributed by atoms with Crippen LogP contribution in [0.15, 0.2) is 66.4 Å². The standard InChI is InChI=1S/C21H18N4O/c1-25(2)17-10-8-15(9-11-17)13-16(14-22)21(26)24-20-7-3-6-19-18(20)5-4-12-23-19/h3-13H,1-2H3,(H,24,26). The minimum Gasteiger partial charge on any atom is -0.378 e. The van der Waals surface area contributed by atoms with E-state index >= 15 is 0 Å². The topological polar surface area (TPSA) is 69.0 Å². The van der Waals surface area contributed by atoms with E-state index in [4.69, 9.17) is 0 Å². The van der Waals surface area contributed by atoms with Crippen LogP contribution in [0.4, 0.5) is 11.4 Å². The molecule has 0 spiro atoms. The molecule has 0 bridgehead atoms. The predicted octanol–water partition coefficient (Wildman–Crippen LogP) is 3.85. The van der Waals surface area contributed by atoms with E-state index in [0.29, 0.717) is 5.69 Å². The fourth-order valence-electron chi connectivity index (χ4n) is 2.59. The van der Waals surface area contributed by atoms with Crippen molar-refractivity contribution in [3.63, 3.8) is 0 Å². The minimum atomic E-state index is -0.444. The van der Waals surface area contributed by atoms with Crippen LogP contribution in [0.5, 0.6) is 0 Å². The summed E-state index contributed by atoms with van der Waals surface area (Å²) in [6, 6.07) is 18.8. The van der Waals surface area contributed by atoms with Crippen molar-refractivity contribution in [3.8, 4) is 6.07 Å². The van der Waals surface area contributed by atoms with Crippen molar-refractivity contribution >= 4 is 34.3 Å². The number of hydrogen-bond donors (Lipinski definition) is 1. The van der Waals surface area contributed by atoms with Crippen LogP contribution in [0, 0.1) is 11.3 Å². The van der Waals surface area contributed by atoms with E-state index in [1.807, 2.05) is 73.6 Å². The Hall–Kier alpha value is -3.65. The summed E-state index contributed by atoms with van der Waals surface area (Å²) in [6.45, 7) is 0. The summed E-state index contributed by atoms with van der Waals surface area (Å²) in [5, 5.41) is 13.0. The number of aromatic nitrogens is 1. The fourth-order valence-corrected chi connectivity index (χ4v) is 2.59. The number of amides is 1. The molecule has 128 valence electrons. The Morgan fingerprint density at radius 3 is 2.58 bits per heavy atom. The van der Waals surface area contributed by atoms with Crippen molar-refractivity contribution in [2.45, 2.75) is 0 Å². The number of rotatable bonds is 4. The second kappa shape index (κ2) is 7.49. The summed E-state index contributed by atoms with van der Waals surface area (Å²) >= 11 is 0. The first kappa shape index (κ1) is 17.2. The molecular formula is C21H18N4O. The van der Waals surface area contributed by atoms with Crippen LogP contribution in [0.3, 0.4) is 0 Å².